The molecular formula is C18H14N6O2S. The Hall–Kier alpha value is -3.46. The summed E-state index contributed by atoms with van der Waals surface area (Å²) in [5, 5.41) is 7.16. The van der Waals surface area contributed by atoms with E-state index in [2.05, 4.69) is 25.4 Å². The van der Waals surface area contributed by atoms with E-state index in [-0.39, 0.29) is 11.6 Å². The van der Waals surface area contributed by atoms with E-state index in [9.17, 15) is 9.59 Å². The summed E-state index contributed by atoms with van der Waals surface area (Å²) in [7, 11) is 0. The zero-order valence-electron chi connectivity index (χ0n) is 14.5. The summed E-state index contributed by atoms with van der Waals surface area (Å²) in [6, 6.07) is 11.1. The third-order valence-electron chi connectivity index (χ3n) is 3.85. The third kappa shape index (κ3) is 3.20. The highest BCUT2D eigenvalue weighted by Crippen LogP contribution is 2.31. The number of anilines is 1. The molecule has 8 nitrogen and oxygen atoms in total. The monoisotopic (exact) mass is 378 g/mol. The second-order valence-corrected chi connectivity index (χ2v) is 6.81. The predicted molar refractivity (Wildman–Crippen MR) is 101 cm³/mol. The second-order valence-electron chi connectivity index (χ2n) is 5.81. The molecule has 0 aliphatic heterocycles. The van der Waals surface area contributed by atoms with Gasteiger partial charge >= 0.3 is 0 Å². The van der Waals surface area contributed by atoms with Crippen LogP contribution in [0.25, 0.3) is 17.0 Å². The molecule has 1 amide bonds. The number of nitrogens with zero attached hydrogens (tertiary/aromatic N) is 5. The lowest BCUT2D eigenvalue weighted by molar-refractivity contribution is 0.101. The van der Waals surface area contributed by atoms with Crippen LogP contribution in [-0.2, 0) is 0 Å². The first-order valence-corrected chi connectivity index (χ1v) is 8.91. The molecular weight excluding hydrogens is 364 g/mol. The van der Waals surface area contributed by atoms with Crippen molar-refractivity contribution in [3.8, 4) is 11.3 Å². The van der Waals surface area contributed by atoms with Gasteiger partial charge in [0.15, 0.2) is 10.9 Å². The van der Waals surface area contributed by atoms with Gasteiger partial charge in [-0.2, -0.15) is 4.98 Å². The van der Waals surface area contributed by atoms with E-state index in [1.807, 2.05) is 37.3 Å². The minimum Gasteiger partial charge on any atom is -0.295 e. The number of aryl methyl sites for hydroxylation is 1. The van der Waals surface area contributed by atoms with Crippen molar-refractivity contribution >= 4 is 33.9 Å². The summed E-state index contributed by atoms with van der Waals surface area (Å²) >= 11 is 1.12. The lowest BCUT2D eigenvalue weighted by Crippen LogP contribution is -2.13. The number of hydrogen-bond acceptors (Lipinski definition) is 7. The van der Waals surface area contributed by atoms with Gasteiger partial charge in [-0.1, -0.05) is 41.7 Å². The maximum Gasteiger partial charge on any atom is 0.297 e. The predicted octanol–water partition coefficient (Wildman–Crippen LogP) is 3.01. The maximum absolute atomic E-state index is 12.5. The number of amides is 1. The lowest BCUT2D eigenvalue weighted by atomic mass is 10.1. The molecule has 0 saturated carbocycles. The summed E-state index contributed by atoms with van der Waals surface area (Å²) in [4.78, 5) is 37.6. The van der Waals surface area contributed by atoms with E-state index in [1.165, 1.54) is 11.4 Å². The molecule has 134 valence electrons. The smallest absolute Gasteiger partial charge is 0.295 e. The van der Waals surface area contributed by atoms with E-state index in [1.54, 1.807) is 12.3 Å². The molecule has 0 aliphatic carbocycles. The minimum absolute atomic E-state index is 0.0161. The van der Waals surface area contributed by atoms with Crippen LogP contribution < -0.4 is 5.32 Å². The quantitative estimate of drug-likeness (QED) is 0.548. The number of rotatable bonds is 4. The molecule has 1 aromatic carbocycles. The van der Waals surface area contributed by atoms with Crippen molar-refractivity contribution < 1.29 is 9.59 Å². The normalized spacial score (nSPS) is 10.9. The molecule has 0 unspecified atom stereocenters. The Kier molecular flexibility index (Phi) is 4.21. The molecule has 0 atom stereocenters. The topological polar surface area (TPSA) is 102 Å². The standard InChI is InChI=1S/C18H14N6O2S/c1-10-8-9-19-17-21-15(23-24(10)17)16(26)22-18-20-13(14(27-18)11(2)25)12-6-4-3-5-7-12/h3-9H,1-2H3,(H,20,22,26). The van der Waals surface area contributed by atoms with Crippen LogP contribution in [0, 0.1) is 6.92 Å². The van der Waals surface area contributed by atoms with Gasteiger partial charge in [-0.15, -0.1) is 5.10 Å². The van der Waals surface area contributed by atoms with Gasteiger partial charge < -0.3 is 0 Å². The second kappa shape index (κ2) is 6.69. The number of fused-ring (bicyclic) bond motifs is 1. The number of ketones is 1. The SMILES string of the molecule is CC(=O)c1sc(NC(=O)c2nc3nccc(C)n3n2)nc1-c1ccccc1. The van der Waals surface area contributed by atoms with E-state index in [0.717, 1.165) is 22.6 Å². The molecule has 0 aliphatic rings. The molecule has 27 heavy (non-hydrogen) atoms. The average molecular weight is 378 g/mol. The Morgan fingerprint density at radius 3 is 2.59 bits per heavy atom. The summed E-state index contributed by atoms with van der Waals surface area (Å²) in [6.45, 7) is 3.32. The Balaban J connectivity index is 1.66. The molecule has 3 heterocycles. The highest BCUT2D eigenvalue weighted by Gasteiger charge is 2.20. The van der Waals surface area contributed by atoms with Crippen molar-refractivity contribution in [1.29, 1.82) is 0 Å². The van der Waals surface area contributed by atoms with E-state index in [4.69, 9.17) is 0 Å². The van der Waals surface area contributed by atoms with Crippen molar-refractivity contribution in [1.82, 2.24) is 24.6 Å². The van der Waals surface area contributed by atoms with Crippen molar-refractivity contribution in [2.45, 2.75) is 13.8 Å². The average Bonchev–Trinajstić information content (AvgIpc) is 3.28. The first-order valence-electron chi connectivity index (χ1n) is 8.10. The van der Waals surface area contributed by atoms with Gasteiger partial charge in [-0.3, -0.25) is 14.9 Å². The third-order valence-corrected chi connectivity index (χ3v) is 4.92. The number of hydrogen-bond donors (Lipinski definition) is 1. The molecule has 0 bridgehead atoms. The summed E-state index contributed by atoms with van der Waals surface area (Å²) in [5.74, 6) is -0.299. The fraction of sp³-hybridized carbons (Fsp3) is 0.111. The van der Waals surface area contributed by atoms with Crippen LogP contribution in [0.4, 0.5) is 5.13 Å². The molecule has 3 aromatic heterocycles. The highest BCUT2D eigenvalue weighted by atomic mass is 32.1. The van der Waals surface area contributed by atoms with Gasteiger partial charge in [0.1, 0.15) is 0 Å². The Morgan fingerprint density at radius 2 is 1.89 bits per heavy atom. The number of Topliss-reactive ketones (excluding diaryl/α,β-unsaturated/α-hetero) is 1. The molecule has 0 radical (unpaired) electrons. The zero-order valence-corrected chi connectivity index (χ0v) is 15.3. The number of nitrogens with one attached hydrogen (secondary N) is 1. The Bertz CT molecular complexity index is 1170. The minimum atomic E-state index is -0.511. The maximum atomic E-state index is 12.5. The number of carbonyl (C=O) groups excluding carboxylic acids is 2. The van der Waals surface area contributed by atoms with Gasteiger partial charge in [0, 0.05) is 24.4 Å². The lowest BCUT2D eigenvalue weighted by Gasteiger charge is -1.98. The van der Waals surface area contributed by atoms with Gasteiger partial charge in [-0.05, 0) is 13.0 Å². The van der Waals surface area contributed by atoms with Crippen LogP contribution in [0.2, 0.25) is 0 Å². The molecule has 4 aromatic rings. The number of benzene rings is 1. The molecule has 4 rings (SSSR count). The highest BCUT2D eigenvalue weighted by molar-refractivity contribution is 7.18. The number of thiazole rings is 1. The van der Waals surface area contributed by atoms with Crippen LogP contribution in [0.15, 0.2) is 42.6 Å². The van der Waals surface area contributed by atoms with E-state index < -0.39 is 5.91 Å². The van der Waals surface area contributed by atoms with Crippen molar-refractivity contribution in [2.24, 2.45) is 0 Å². The fourth-order valence-electron chi connectivity index (χ4n) is 2.56. The number of aromatic nitrogens is 5. The van der Waals surface area contributed by atoms with Crippen molar-refractivity contribution in [3.63, 3.8) is 0 Å². The molecule has 0 fully saturated rings. The summed E-state index contributed by atoms with van der Waals surface area (Å²) in [6.07, 6.45) is 1.60. The van der Waals surface area contributed by atoms with Crippen LogP contribution in [0.1, 0.15) is 32.9 Å². The van der Waals surface area contributed by atoms with Gasteiger partial charge in [0.25, 0.3) is 11.7 Å². The van der Waals surface area contributed by atoms with Crippen LogP contribution in [0.3, 0.4) is 0 Å². The van der Waals surface area contributed by atoms with Crippen molar-refractivity contribution in [2.75, 3.05) is 5.32 Å². The molecule has 0 saturated heterocycles. The fourth-order valence-corrected chi connectivity index (χ4v) is 3.44. The zero-order chi connectivity index (χ0) is 19.0. The van der Waals surface area contributed by atoms with Gasteiger partial charge in [0.05, 0.1) is 10.6 Å². The van der Waals surface area contributed by atoms with Gasteiger partial charge in [0.2, 0.25) is 5.82 Å². The van der Waals surface area contributed by atoms with Crippen LogP contribution >= 0.6 is 11.3 Å². The first kappa shape index (κ1) is 17.0. The number of carbonyl (C=O) groups is 2. The van der Waals surface area contributed by atoms with Gasteiger partial charge in [-0.25, -0.2) is 14.5 Å². The Labute approximate surface area is 157 Å². The van der Waals surface area contributed by atoms with E-state index >= 15 is 0 Å². The Morgan fingerprint density at radius 1 is 1.11 bits per heavy atom. The summed E-state index contributed by atoms with van der Waals surface area (Å²) < 4.78 is 1.49. The van der Waals surface area contributed by atoms with E-state index in [0.29, 0.717) is 21.5 Å². The van der Waals surface area contributed by atoms with Crippen LogP contribution in [0.5, 0.6) is 0 Å². The van der Waals surface area contributed by atoms with Crippen molar-refractivity contribution in [3.05, 3.63) is 59.0 Å². The molecule has 9 heteroatoms. The first-order chi connectivity index (χ1) is 13.0. The summed E-state index contributed by atoms with van der Waals surface area (Å²) in [5.41, 5.74) is 2.17. The van der Waals surface area contributed by atoms with Crippen LogP contribution in [-0.4, -0.2) is 36.3 Å². The largest absolute Gasteiger partial charge is 0.297 e. The molecule has 1 N–H and O–H groups in total. The molecule has 0 spiro atoms.